The van der Waals surface area contributed by atoms with E-state index in [9.17, 15) is 14.4 Å². The first-order valence-corrected chi connectivity index (χ1v) is 9.58. The molecule has 2 aromatic rings. The predicted octanol–water partition coefficient (Wildman–Crippen LogP) is 1.80. The summed E-state index contributed by atoms with van der Waals surface area (Å²) in [4.78, 5) is 38.8. The van der Waals surface area contributed by atoms with Crippen LogP contribution in [-0.4, -0.2) is 50.6 Å². The average Bonchev–Trinajstić information content (AvgIpc) is 3.01. The molecule has 0 saturated carbocycles. The van der Waals surface area contributed by atoms with Crippen molar-refractivity contribution in [2.75, 3.05) is 27.9 Å². The van der Waals surface area contributed by atoms with E-state index >= 15 is 0 Å². The first kappa shape index (κ1) is 21.9. The Balaban J connectivity index is 1.67. The summed E-state index contributed by atoms with van der Waals surface area (Å²) in [5.74, 6) is 0.857. The molecule has 31 heavy (non-hydrogen) atoms. The van der Waals surface area contributed by atoms with Gasteiger partial charge in [-0.05, 0) is 42.8 Å². The highest BCUT2D eigenvalue weighted by Crippen LogP contribution is 2.30. The number of carbonyl (C=O) groups is 3. The topological polar surface area (TPSA) is 106 Å². The fraction of sp³-hybridized carbons (Fsp3) is 0.318. The van der Waals surface area contributed by atoms with Gasteiger partial charge >= 0.3 is 6.03 Å². The number of urea groups is 1. The Bertz CT molecular complexity index is 991. The van der Waals surface area contributed by atoms with E-state index < -0.39 is 29.9 Å². The van der Waals surface area contributed by atoms with Crippen molar-refractivity contribution in [3.63, 3.8) is 0 Å². The molecular weight excluding hydrogens is 402 g/mol. The SMILES string of the molecule is COc1ccc(C2(C)NC(=O)N(CC(=O)NCc3cc(OC)ccc3OC)C2=O)cc1. The molecule has 2 N–H and O–H groups in total. The molecule has 1 unspecified atom stereocenters. The number of imide groups is 1. The van der Waals surface area contributed by atoms with Crippen LogP contribution < -0.4 is 24.8 Å². The van der Waals surface area contributed by atoms with E-state index in [0.717, 1.165) is 4.90 Å². The molecule has 1 aliphatic heterocycles. The normalized spacial score (nSPS) is 17.9. The lowest BCUT2D eigenvalue weighted by Crippen LogP contribution is -2.43. The Labute approximate surface area is 180 Å². The second-order valence-corrected chi connectivity index (χ2v) is 7.13. The zero-order valence-electron chi connectivity index (χ0n) is 17.9. The van der Waals surface area contributed by atoms with E-state index in [0.29, 0.717) is 28.4 Å². The predicted molar refractivity (Wildman–Crippen MR) is 112 cm³/mol. The van der Waals surface area contributed by atoms with Gasteiger partial charge in [0.25, 0.3) is 5.91 Å². The zero-order chi connectivity index (χ0) is 22.6. The molecule has 2 aromatic carbocycles. The van der Waals surface area contributed by atoms with Gasteiger partial charge in [-0.15, -0.1) is 0 Å². The third-order valence-corrected chi connectivity index (χ3v) is 5.21. The number of hydrogen-bond donors (Lipinski definition) is 2. The second-order valence-electron chi connectivity index (χ2n) is 7.13. The maximum Gasteiger partial charge on any atom is 0.325 e. The minimum atomic E-state index is -1.26. The van der Waals surface area contributed by atoms with Gasteiger partial charge in [0.15, 0.2) is 0 Å². The summed E-state index contributed by atoms with van der Waals surface area (Å²) in [6, 6.07) is 11.4. The highest BCUT2D eigenvalue weighted by Gasteiger charge is 2.49. The minimum absolute atomic E-state index is 0.151. The van der Waals surface area contributed by atoms with E-state index in [1.807, 2.05) is 0 Å². The molecule has 0 spiro atoms. The molecule has 0 bridgehead atoms. The highest BCUT2D eigenvalue weighted by atomic mass is 16.5. The molecule has 1 saturated heterocycles. The third kappa shape index (κ3) is 4.40. The van der Waals surface area contributed by atoms with E-state index in [1.165, 1.54) is 7.11 Å². The van der Waals surface area contributed by atoms with Gasteiger partial charge in [-0.2, -0.15) is 0 Å². The Morgan fingerprint density at radius 1 is 1.00 bits per heavy atom. The van der Waals surface area contributed by atoms with Crippen LogP contribution in [-0.2, 0) is 21.7 Å². The Morgan fingerprint density at radius 2 is 1.65 bits per heavy atom. The number of carbonyl (C=O) groups excluding carboxylic acids is 3. The number of rotatable bonds is 8. The molecule has 9 heteroatoms. The molecule has 4 amide bonds. The van der Waals surface area contributed by atoms with Crippen LogP contribution >= 0.6 is 0 Å². The van der Waals surface area contributed by atoms with Gasteiger partial charge in [0.1, 0.15) is 29.3 Å². The fourth-order valence-electron chi connectivity index (χ4n) is 3.37. The van der Waals surface area contributed by atoms with Crippen LogP contribution in [0.3, 0.4) is 0 Å². The highest BCUT2D eigenvalue weighted by molar-refractivity contribution is 6.09. The van der Waals surface area contributed by atoms with Crippen LogP contribution in [0.2, 0.25) is 0 Å². The number of amides is 4. The van der Waals surface area contributed by atoms with E-state index in [4.69, 9.17) is 14.2 Å². The molecule has 0 aromatic heterocycles. The molecule has 1 heterocycles. The molecule has 1 fully saturated rings. The van der Waals surface area contributed by atoms with Crippen molar-refractivity contribution in [3.8, 4) is 17.2 Å². The Hall–Kier alpha value is -3.75. The van der Waals surface area contributed by atoms with Crippen molar-refractivity contribution < 1.29 is 28.6 Å². The number of ether oxygens (including phenoxy) is 3. The smallest absolute Gasteiger partial charge is 0.325 e. The number of nitrogens with zero attached hydrogens (tertiary/aromatic N) is 1. The molecule has 0 aliphatic carbocycles. The summed E-state index contributed by atoms with van der Waals surface area (Å²) in [7, 11) is 4.61. The van der Waals surface area contributed by atoms with Crippen molar-refractivity contribution in [2.24, 2.45) is 0 Å². The largest absolute Gasteiger partial charge is 0.497 e. The number of hydrogen-bond acceptors (Lipinski definition) is 6. The van der Waals surface area contributed by atoms with E-state index in [1.54, 1.807) is 63.6 Å². The molecular formula is C22H25N3O6. The van der Waals surface area contributed by atoms with Crippen LogP contribution in [0, 0.1) is 0 Å². The summed E-state index contributed by atoms with van der Waals surface area (Å²) < 4.78 is 15.6. The van der Waals surface area contributed by atoms with Gasteiger partial charge in [0.2, 0.25) is 5.91 Å². The summed E-state index contributed by atoms with van der Waals surface area (Å²) in [6.45, 7) is 1.36. The van der Waals surface area contributed by atoms with Gasteiger partial charge in [-0.3, -0.25) is 14.5 Å². The van der Waals surface area contributed by atoms with Gasteiger partial charge in [-0.25, -0.2) is 4.79 Å². The zero-order valence-corrected chi connectivity index (χ0v) is 17.9. The lowest BCUT2D eigenvalue weighted by molar-refractivity contribution is -0.134. The van der Waals surface area contributed by atoms with Crippen molar-refractivity contribution >= 4 is 17.8 Å². The van der Waals surface area contributed by atoms with Crippen molar-refractivity contribution in [2.45, 2.75) is 19.0 Å². The number of nitrogens with one attached hydrogen (secondary N) is 2. The first-order valence-electron chi connectivity index (χ1n) is 9.58. The molecule has 9 nitrogen and oxygen atoms in total. The number of benzene rings is 2. The van der Waals surface area contributed by atoms with E-state index in [2.05, 4.69) is 10.6 Å². The molecule has 0 radical (unpaired) electrons. The molecule has 164 valence electrons. The molecule has 1 aliphatic rings. The van der Waals surface area contributed by atoms with Crippen molar-refractivity contribution in [1.29, 1.82) is 0 Å². The molecule has 3 rings (SSSR count). The van der Waals surface area contributed by atoms with Gasteiger partial charge in [-0.1, -0.05) is 12.1 Å². The van der Waals surface area contributed by atoms with Gasteiger partial charge in [0.05, 0.1) is 21.3 Å². The van der Waals surface area contributed by atoms with Gasteiger partial charge < -0.3 is 24.8 Å². The third-order valence-electron chi connectivity index (χ3n) is 5.21. The second kappa shape index (κ2) is 8.95. The quantitative estimate of drug-likeness (QED) is 0.623. The van der Waals surface area contributed by atoms with Crippen LogP contribution in [0.1, 0.15) is 18.1 Å². The Kier molecular flexibility index (Phi) is 6.33. The maximum absolute atomic E-state index is 13.0. The van der Waals surface area contributed by atoms with Crippen LogP contribution in [0.25, 0.3) is 0 Å². The average molecular weight is 427 g/mol. The lowest BCUT2D eigenvalue weighted by atomic mass is 9.92. The summed E-state index contributed by atoms with van der Waals surface area (Å²) in [6.07, 6.45) is 0. The summed E-state index contributed by atoms with van der Waals surface area (Å²) in [5, 5.41) is 5.39. The standard InChI is InChI=1S/C22H25N3O6/c1-22(15-5-7-16(29-2)8-6-15)20(27)25(21(28)24-22)13-19(26)23-12-14-11-17(30-3)9-10-18(14)31-4/h5-11H,12-13H2,1-4H3,(H,23,26)(H,24,28). The first-order chi connectivity index (χ1) is 14.8. The van der Waals surface area contributed by atoms with Crippen molar-refractivity contribution in [1.82, 2.24) is 15.5 Å². The number of methoxy groups -OCH3 is 3. The minimum Gasteiger partial charge on any atom is -0.497 e. The maximum atomic E-state index is 13.0. The summed E-state index contributed by atoms with van der Waals surface area (Å²) in [5.41, 5.74) is 0.0331. The fourth-order valence-corrected chi connectivity index (χ4v) is 3.37. The van der Waals surface area contributed by atoms with Crippen LogP contribution in [0.4, 0.5) is 4.79 Å². The summed E-state index contributed by atoms with van der Waals surface area (Å²) >= 11 is 0. The lowest BCUT2D eigenvalue weighted by Gasteiger charge is -2.22. The van der Waals surface area contributed by atoms with Crippen molar-refractivity contribution in [3.05, 3.63) is 53.6 Å². The van der Waals surface area contributed by atoms with Crippen LogP contribution in [0.15, 0.2) is 42.5 Å². The molecule has 1 atom stereocenters. The van der Waals surface area contributed by atoms with E-state index in [-0.39, 0.29) is 6.54 Å². The van der Waals surface area contributed by atoms with Crippen LogP contribution in [0.5, 0.6) is 17.2 Å². The van der Waals surface area contributed by atoms with Gasteiger partial charge in [0, 0.05) is 12.1 Å². The Morgan fingerprint density at radius 3 is 2.26 bits per heavy atom. The monoisotopic (exact) mass is 427 g/mol.